The molecule has 1 amide bonds. The molecule has 3 atom stereocenters. The Labute approximate surface area is 144 Å². The highest BCUT2D eigenvalue weighted by atomic mass is 16.6. The third-order valence-corrected chi connectivity index (χ3v) is 4.97. The Kier molecular flexibility index (Phi) is 4.83. The molecule has 0 aliphatic carbocycles. The molecule has 5 heteroatoms. The fourth-order valence-corrected chi connectivity index (χ4v) is 3.94. The van der Waals surface area contributed by atoms with Gasteiger partial charge >= 0.3 is 6.09 Å². The van der Waals surface area contributed by atoms with Crippen molar-refractivity contribution in [2.45, 2.75) is 63.9 Å². The average molecular weight is 332 g/mol. The summed E-state index contributed by atoms with van der Waals surface area (Å²) in [6.45, 7) is 7.09. The minimum Gasteiger partial charge on any atom is -0.444 e. The van der Waals surface area contributed by atoms with Crippen LogP contribution in [0, 0.1) is 0 Å². The molecule has 2 aliphatic heterocycles. The van der Waals surface area contributed by atoms with Crippen molar-refractivity contribution in [2.24, 2.45) is 0 Å². The summed E-state index contributed by atoms with van der Waals surface area (Å²) in [4.78, 5) is 16.7. The molecule has 132 valence electrons. The smallest absolute Gasteiger partial charge is 0.410 e. The fourth-order valence-electron chi connectivity index (χ4n) is 3.94. The maximum absolute atomic E-state index is 12.5. The lowest BCUT2D eigenvalue weighted by Crippen LogP contribution is -2.62. The Balaban J connectivity index is 1.75. The second kappa shape index (κ2) is 6.73. The summed E-state index contributed by atoms with van der Waals surface area (Å²) < 4.78 is 5.54. The van der Waals surface area contributed by atoms with Crippen LogP contribution in [0.5, 0.6) is 0 Å². The largest absolute Gasteiger partial charge is 0.444 e. The number of fused-ring (bicyclic) bond motifs is 2. The van der Waals surface area contributed by atoms with E-state index in [4.69, 9.17) is 4.74 Å². The topological polar surface area (TPSA) is 53.0 Å². The number of aliphatic hydroxyl groups excluding tert-OH is 1. The standard InChI is InChI=1S/C19H28N2O3/c1-19(2,3)24-18(23)21-12-15-9-10-16(17(21)13-22)20(15)11-14-7-5-4-6-8-14/h4-8,15-17,22H,9-13H2,1-3H3/t15-,16+,17-/m1/s1. The maximum Gasteiger partial charge on any atom is 0.410 e. The second-order valence-corrected chi connectivity index (χ2v) is 7.84. The number of amides is 1. The summed E-state index contributed by atoms with van der Waals surface area (Å²) in [5.41, 5.74) is 0.758. The molecule has 0 radical (unpaired) electrons. The molecule has 1 N–H and O–H groups in total. The molecule has 0 unspecified atom stereocenters. The van der Waals surface area contributed by atoms with Crippen molar-refractivity contribution >= 4 is 6.09 Å². The quantitative estimate of drug-likeness (QED) is 0.924. The Hall–Kier alpha value is -1.59. The number of hydrogen-bond acceptors (Lipinski definition) is 4. The number of rotatable bonds is 3. The van der Waals surface area contributed by atoms with Crippen molar-refractivity contribution in [2.75, 3.05) is 13.2 Å². The van der Waals surface area contributed by atoms with Crippen LogP contribution in [0.3, 0.4) is 0 Å². The number of aliphatic hydroxyl groups is 1. The molecular weight excluding hydrogens is 304 g/mol. The first-order valence-corrected chi connectivity index (χ1v) is 8.79. The highest BCUT2D eigenvalue weighted by molar-refractivity contribution is 5.69. The molecule has 1 aromatic carbocycles. The van der Waals surface area contributed by atoms with E-state index in [9.17, 15) is 9.90 Å². The van der Waals surface area contributed by atoms with E-state index in [0.717, 1.165) is 19.4 Å². The molecule has 0 saturated carbocycles. The molecule has 3 rings (SSSR count). The van der Waals surface area contributed by atoms with Crippen molar-refractivity contribution in [3.05, 3.63) is 35.9 Å². The Morgan fingerprint density at radius 2 is 1.96 bits per heavy atom. The number of ether oxygens (including phenoxy) is 1. The minimum atomic E-state index is -0.517. The van der Waals surface area contributed by atoms with Gasteiger partial charge in [0, 0.05) is 25.2 Å². The number of benzene rings is 1. The highest BCUT2D eigenvalue weighted by Gasteiger charge is 2.48. The van der Waals surface area contributed by atoms with E-state index in [1.807, 2.05) is 26.8 Å². The first-order chi connectivity index (χ1) is 11.4. The third-order valence-electron chi connectivity index (χ3n) is 4.97. The van der Waals surface area contributed by atoms with Gasteiger partial charge in [0.25, 0.3) is 0 Å². The van der Waals surface area contributed by atoms with Crippen molar-refractivity contribution < 1.29 is 14.6 Å². The van der Waals surface area contributed by atoms with Crippen molar-refractivity contribution in [1.82, 2.24) is 9.80 Å². The molecule has 2 bridgehead atoms. The molecule has 2 fully saturated rings. The van der Waals surface area contributed by atoms with Gasteiger partial charge in [-0.25, -0.2) is 4.79 Å². The number of piperazine rings is 1. The van der Waals surface area contributed by atoms with Gasteiger partial charge in [-0.2, -0.15) is 0 Å². The van der Waals surface area contributed by atoms with E-state index >= 15 is 0 Å². The van der Waals surface area contributed by atoms with E-state index < -0.39 is 5.60 Å². The summed E-state index contributed by atoms with van der Waals surface area (Å²) >= 11 is 0. The van der Waals surface area contributed by atoms with Crippen LogP contribution in [0.15, 0.2) is 30.3 Å². The Morgan fingerprint density at radius 3 is 2.58 bits per heavy atom. The molecule has 0 aromatic heterocycles. The van der Waals surface area contributed by atoms with Crippen molar-refractivity contribution in [3.8, 4) is 0 Å². The van der Waals surface area contributed by atoms with E-state index in [1.54, 1.807) is 4.90 Å². The summed E-state index contributed by atoms with van der Waals surface area (Å²) in [6.07, 6.45) is 1.77. The van der Waals surface area contributed by atoms with Gasteiger partial charge in [-0.1, -0.05) is 30.3 Å². The lowest BCUT2D eigenvalue weighted by atomic mass is 10.0. The highest BCUT2D eigenvalue weighted by Crippen LogP contribution is 2.36. The van der Waals surface area contributed by atoms with Gasteiger partial charge < -0.3 is 9.84 Å². The van der Waals surface area contributed by atoms with Gasteiger partial charge in [-0.3, -0.25) is 9.80 Å². The van der Waals surface area contributed by atoms with Crippen LogP contribution in [0.25, 0.3) is 0 Å². The summed E-state index contributed by atoms with van der Waals surface area (Å²) in [5.74, 6) is 0. The molecule has 1 aromatic rings. The lowest BCUT2D eigenvalue weighted by molar-refractivity contribution is -0.0365. The van der Waals surface area contributed by atoms with Crippen molar-refractivity contribution in [3.63, 3.8) is 0 Å². The Morgan fingerprint density at radius 1 is 1.25 bits per heavy atom. The van der Waals surface area contributed by atoms with Crippen molar-refractivity contribution in [1.29, 1.82) is 0 Å². The number of likely N-dealkylation sites (tertiary alicyclic amines) is 1. The van der Waals surface area contributed by atoms with E-state index in [-0.39, 0.29) is 24.8 Å². The number of carbonyl (C=O) groups is 1. The van der Waals surface area contributed by atoms with Crippen LogP contribution in [0.1, 0.15) is 39.2 Å². The van der Waals surface area contributed by atoms with Gasteiger partial charge in [0.15, 0.2) is 0 Å². The van der Waals surface area contributed by atoms with E-state index in [1.165, 1.54) is 5.56 Å². The van der Waals surface area contributed by atoms with Gasteiger partial charge in [0.1, 0.15) is 5.60 Å². The zero-order valence-electron chi connectivity index (χ0n) is 14.8. The monoisotopic (exact) mass is 332 g/mol. The first kappa shape index (κ1) is 17.2. The van der Waals surface area contributed by atoms with E-state index in [2.05, 4.69) is 29.2 Å². The number of carbonyl (C=O) groups excluding carboxylic acids is 1. The molecule has 5 nitrogen and oxygen atoms in total. The van der Waals surface area contributed by atoms with Crippen LogP contribution in [0.2, 0.25) is 0 Å². The van der Waals surface area contributed by atoms with Gasteiger partial charge in [-0.15, -0.1) is 0 Å². The van der Waals surface area contributed by atoms with Crippen LogP contribution in [-0.2, 0) is 11.3 Å². The van der Waals surface area contributed by atoms with Crippen LogP contribution < -0.4 is 0 Å². The molecular formula is C19H28N2O3. The summed E-state index contributed by atoms with van der Waals surface area (Å²) in [7, 11) is 0. The van der Waals surface area contributed by atoms with E-state index in [0.29, 0.717) is 12.6 Å². The van der Waals surface area contributed by atoms with Crippen LogP contribution in [-0.4, -0.2) is 57.9 Å². The van der Waals surface area contributed by atoms with Gasteiger partial charge in [0.05, 0.1) is 12.6 Å². The molecule has 24 heavy (non-hydrogen) atoms. The molecule has 0 spiro atoms. The number of hydrogen-bond donors (Lipinski definition) is 1. The normalized spacial score (nSPS) is 27.3. The number of nitrogens with zero attached hydrogens (tertiary/aromatic N) is 2. The first-order valence-electron chi connectivity index (χ1n) is 8.79. The Bertz CT molecular complexity index is 570. The lowest BCUT2D eigenvalue weighted by Gasteiger charge is -2.46. The van der Waals surface area contributed by atoms with Gasteiger partial charge in [0.2, 0.25) is 0 Å². The molecule has 2 heterocycles. The minimum absolute atomic E-state index is 0.0259. The third kappa shape index (κ3) is 3.57. The summed E-state index contributed by atoms with van der Waals surface area (Å²) in [6, 6.07) is 10.7. The zero-order chi connectivity index (χ0) is 17.3. The predicted molar refractivity (Wildman–Crippen MR) is 92.6 cm³/mol. The zero-order valence-corrected chi connectivity index (χ0v) is 14.8. The maximum atomic E-state index is 12.5. The van der Waals surface area contributed by atoms with Gasteiger partial charge in [-0.05, 0) is 39.2 Å². The SMILES string of the molecule is CC(C)(C)OC(=O)N1C[C@H]2CC[C@@H]([C@H]1CO)N2Cc1ccccc1. The average Bonchev–Trinajstić information content (AvgIpc) is 2.79. The summed E-state index contributed by atoms with van der Waals surface area (Å²) in [5, 5.41) is 9.94. The van der Waals surface area contributed by atoms with Crippen LogP contribution in [0.4, 0.5) is 4.79 Å². The second-order valence-electron chi connectivity index (χ2n) is 7.84. The van der Waals surface area contributed by atoms with Crippen LogP contribution >= 0.6 is 0 Å². The fraction of sp³-hybridized carbons (Fsp3) is 0.632. The predicted octanol–water partition coefficient (Wildman–Crippen LogP) is 2.63. The molecule has 2 saturated heterocycles. The molecule has 2 aliphatic rings.